The lowest BCUT2D eigenvalue weighted by Crippen LogP contribution is -2.47. The summed E-state index contributed by atoms with van der Waals surface area (Å²) in [4.78, 5) is 27.8. The molecule has 3 aliphatic rings. The minimum Gasteiger partial charge on any atom is -0.487 e. The first kappa shape index (κ1) is 21.0. The van der Waals surface area contributed by atoms with Crippen molar-refractivity contribution in [1.29, 1.82) is 0 Å². The molecule has 2 aromatic carbocycles. The molecule has 168 valence electrons. The summed E-state index contributed by atoms with van der Waals surface area (Å²) in [6.45, 7) is 1.30. The molecule has 1 saturated heterocycles. The van der Waals surface area contributed by atoms with Crippen LogP contribution in [0.5, 0.6) is 5.75 Å². The van der Waals surface area contributed by atoms with Crippen LogP contribution in [0.2, 0.25) is 0 Å². The second-order valence-electron chi connectivity index (χ2n) is 9.61. The van der Waals surface area contributed by atoms with Gasteiger partial charge in [-0.2, -0.15) is 0 Å². The molecule has 2 amide bonds. The number of carbonyl (C=O) groups is 2. The van der Waals surface area contributed by atoms with Crippen molar-refractivity contribution < 1.29 is 14.3 Å². The van der Waals surface area contributed by atoms with Crippen LogP contribution in [0, 0.1) is 5.92 Å². The van der Waals surface area contributed by atoms with E-state index in [0.29, 0.717) is 19.5 Å². The summed E-state index contributed by atoms with van der Waals surface area (Å²) >= 11 is 0. The molecule has 1 N–H and O–H groups in total. The zero-order valence-corrected chi connectivity index (χ0v) is 18.6. The number of para-hydroxylation sites is 1. The Morgan fingerprint density at radius 3 is 2.41 bits per heavy atom. The molecule has 1 saturated carbocycles. The van der Waals surface area contributed by atoms with Crippen molar-refractivity contribution in [3.8, 4) is 5.75 Å². The highest BCUT2D eigenvalue weighted by Gasteiger charge is 2.43. The van der Waals surface area contributed by atoms with Gasteiger partial charge in [-0.3, -0.25) is 9.59 Å². The maximum absolute atomic E-state index is 13.2. The molecular weight excluding hydrogens is 400 g/mol. The van der Waals surface area contributed by atoms with E-state index in [0.717, 1.165) is 49.0 Å². The summed E-state index contributed by atoms with van der Waals surface area (Å²) < 4.78 is 6.43. The number of hydrogen-bond acceptors (Lipinski definition) is 3. The third-order valence-electron chi connectivity index (χ3n) is 7.44. The molecule has 1 atom stereocenters. The lowest BCUT2D eigenvalue weighted by Gasteiger charge is -2.41. The van der Waals surface area contributed by atoms with E-state index in [-0.39, 0.29) is 29.4 Å². The van der Waals surface area contributed by atoms with Crippen molar-refractivity contribution >= 4 is 11.8 Å². The number of ether oxygens (including phenoxy) is 1. The number of rotatable bonds is 4. The molecule has 1 spiro atoms. The average Bonchev–Trinajstić information content (AvgIpc) is 3.27. The first-order chi connectivity index (χ1) is 15.6. The molecule has 0 aromatic heterocycles. The van der Waals surface area contributed by atoms with Crippen LogP contribution in [0.1, 0.15) is 62.1 Å². The second kappa shape index (κ2) is 8.97. The Bertz CT molecular complexity index is 960. The summed E-state index contributed by atoms with van der Waals surface area (Å²) in [6.07, 6.45) is 7.25. The minimum absolute atomic E-state index is 0.00305. The number of nitrogens with one attached hydrogen (secondary N) is 1. The minimum atomic E-state index is -0.125. The summed E-state index contributed by atoms with van der Waals surface area (Å²) in [6, 6.07) is 18.0. The number of benzene rings is 2. The van der Waals surface area contributed by atoms with E-state index >= 15 is 0 Å². The van der Waals surface area contributed by atoms with Crippen molar-refractivity contribution in [2.24, 2.45) is 5.92 Å². The van der Waals surface area contributed by atoms with Gasteiger partial charge >= 0.3 is 0 Å². The largest absolute Gasteiger partial charge is 0.487 e. The van der Waals surface area contributed by atoms with Gasteiger partial charge in [-0.1, -0.05) is 48.5 Å². The zero-order chi connectivity index (χ0) is 22.0. The van der Waals surface area contributed by atoms with E-state index in [4.69, 9.17) is 4.74 Å². The van der Waals surface area contributed by atoms with Gasteiger partial charge in [0.25, 0.3) is 0 Å². The molecule has 2 aliphatic heterocycles. The highest BCUT2D eigenvalue weighted by Crippen LogP contribution is 2.47. The number of hydrogen-bond donors (Lipinski definition) is 1. The predicted octanol–water partition coefficient (Wildman–Crippen LogP) is 4.42. The Kier molecular flexibility index (Phi) is 5.90. The van der Waals surface area contributed by atoms with Crippen molar-refractivity contribution in [3.05, 3.63) is 65.7 Å². The van der Waals surface area contributed by atoms with E-state index in [2.05, 4.69) is 11.4 Å². The van der Waals surface area contributed by atoms with E-state index in [1.54, 1.807) is 0 Å². The summed E-state index contributed by atoms with van der Waals surface area (Å²) in [5.41, 5.74) is 2.00. The first-order valence-corrected chi connectivity index (χ1v) is 12.0. The van der Waals surface area contributed by atoms with Gasteiger partial charge in [0, 0.05) is 31.0 Å². The zero-order valence-electron chi connectivity index (χ0n) is 18.6. The Morgan fingerprint density at radius 1 is 0.969 bits per heavy atom. The molecule has 2 aromatic rings. The topological polar surface area (TPSA) is 58.6 Å². The third-order valence-corrected chi connectivity index (χ3v) is 7.44. The Hall–Kier alpha value is -2.82. The first-order valence-electron chi connectivity index (χ1n) is 12.0. The van der Waals surface area contributed by atoms with Gasteiger partial charge in [-0.15, -0.1) is 0 Å². The number of fused-ring (bicyclic) bond motifs is 1. The molecule has 2 fully saturated rings. The lowest BCUT2D eigenvalue weighted by molar-refractivity contribution is -0.135. The van der Waals surface area contributed by atoms with Crippen molar-refractivity contribution in [1.82, 2.24) is 10.2 Å². The Morgan fingerprint density at radius 2 is 1.66 bits per heavy atom. The van der Waals surface area contributed by atoms with Gasteiger partial charge in [-0.05, 0) is 50.2 Å². The van der Waals surface area contributed by atoms with Gasteiger partial charge in [0.05, 0.1) is 12.5 Å². The fraction of sp³-hybridized carbons (Fsp3) is 0.481. The maximum atomic E-state index is 13.2. The van der Waals surface area contributed by atoms with Gasteiger partial charge < -0.3 is 15.0 Å². The number of nitrogens with zero attached hydrogens (tertiary/aromatic N) is 1. The summed E-state index contributed by atoms with van der Waals surface area (Å²) in [5.74, 6) is 1.16. The molecule has 2 heterocycles. The molecule has 5 nitrogen and oxygen atoms in total. The molecule has 0 bridgehead atoms. The van der Waals surface area contributed by atoms with Crippen LogP contribution in [0.25, 0.3) is 0 Å². The molecule has 5 rings (SSSR count). The highest BCUT2D eigenvalue weighted by atomic mass is 16.5. The van der Waals surface area contributed by atoms with Gasteiger partial charge in [-0.25, -0.2) is 0 Å². The number of amides is 2. The summed E-state index contributed by atoms with van der Waals surface area (Å²) in [5, 5.41) is 3.36. The SMILES string of the molecule is O=C(N[C@@H]1CC2(CCCC2)Oc2ccccc21)C1CCN(C(=O)Cc2ccccc2)CC1. The lowest BCUT2D eigenvalue weighted by atomic mass is 9.85. The molecule has 0 unspecified atom stereocenters. The maximum Gasteiger partial charge on any atom is 0.226 e. The highest BCUT2D eigenvalue weighted by molar-refractivity contribution is 5.81. The molecule has 32 heavy (non-hydrogen) atoms. The van der Waals surface area contributed by atoms with Crippen molar-refractivity contribution in [2.45, 2.75) is 63.0 Å². The second-order valence-corrected chi connectivity index (χ2v) is 9.61. The quantitative estimate of drug-likeness (QED) is 0.778. The van der Waals surface area contributed by atoms with Crippen molar-refractivity contribution in [2.75, 3.05) is 13.1 Å². The Balaban J connectivity index is 1.19. The normalized spacial score (nSPS) is 22.2. The van der Waals surface area contributed by atoms with E-state index in [1.165, 1.54) is 12.8 Å². The smallest absolute Gasteiger partial charge is 0.226 e. The van der Waals surface area contributed by atoms with Crippen LogP contribution in [-0.4, -0.2) is 35.4 Å². The van der Waals surface area contributed by atoms with Crippen LogP contribution in [0.15, 0.2) is 54.6 Å². The number of likely N-dealkylation sites (tertiary alicyclic amines) is 1. The fourth-order valence-electron chi connectivity index (χ4n) is 5.64. The van der Waals surface area contributed by atoms with Crippen molar-refractivity contribution in [3.63, 3.8) is 0 Å². The fourth-order valence-corrected chi connectivity index (χ4v) is 5.64. The summed E-state index contributed by atoms with van der Waals surface area (Å²) in [7, 11) is 0. The van der Waals surface area contributed by atoms with E-state index < -0.39 is 0 Å². The Labute approximate surface area is 190 Å². The average molecular weight is 433 g/mol. The molecule has 1 aliphatic carbocycles. The molecule has 0 radical (unpaired) electrons. The van der Waals surface area contributed by atoms with Gasteiger partial charge in [0.15, 0.2) is 0 Å². The van der Waals surface area contributed by atoms with Gasteiger partial charge in [0.2, 0.25) is 11.8 Å². The monoisotopic (exact) mass is 432 g/mol. The van der Waals surface area contributed by atoms with Crippen LogP contribution in [-0.2, 0) is 16.0 Å². The van der Waals surface area contributed by atoms with E-state index in [1.807, 2.05) is 53.4 Å². The standard InChI is InChI=1S/C27H32N2O3/c30-25(18-20-8-2-1-3-9-20)29-16-12-21(13-17-29)26(31)28-23-19-27(14-6-7-15-27)32-24-11-5-4-10-22(23)24/h1-5,8-11,21,23H,6-7,12-19H2,(H,28,31)/t23-/m1/s1. The van der Waals surface area contributed by atoms with Crippen LogP contribution in [0.3, 0.4) is 0 Å². The third kappa shape index (κ3) is 4.38. The van der Waals surface area contributed by atoms with Crippen LogP contribution in [0.4, 0.5) is 0 Å². The molecule has 5 heteroatoms. The van der Waals surface area contributed by atoms with Gasteiger partial charge in [0.1, 0.15) is 11.4 Å². The number of carbonyl (C=O) groups excluding carboxylic acids is 2. The number of piperidine rings is 1. The molecular formula is C27H32N2O3. The van der Waals surface area contributed by atoms with Crippen LogP contribution >= 0.6 is 0 Å². The predicted molar refractivity (Wildman–Crippen MR) is 123 cm³/mol. The van der Waals surface area contributed by atoms with Crippen LogP contribution < -0.4 is 10.1 Å². The van der Waals surface area contributed by atoms with E-state index in [9.17, 15) is 9.59 Å².